The number of anilines is 2. The Labute approximate surface area is 193 Å². The Morgan fingerprint density at radius 3 is 2.64 bits per heavy atom. The number of aromatic amines is 1. The number of carbonyl (C=O) groups is 1. The van der Waals surface area contributed by atoms with Gasteiger partial charge in [-0.1, -0.05) is 0 Å². The highest BCUT2D eigenvalue weighted by molar-refractivity contribution is 5.68. The Kier molecular flexibility index (Phi) is 9.02. The number of alkyl carbamates (subject to hydrolysis) is 1. The smallest absolute Gasteiger partial charge is 0.407 e. The average molecular weight is 460 g/mol. The van der Waals surface area contributed by atoms with Crippen LogP contribution >= 0.6 is 0 Å². The second kappa shape index (κ2) is 12.2. The lowest BCUT2D eigenvalue weighted by atomic mass is 10.3. The summed E-state index contributed by atoms with van der Waals surface area (Å²) in [6, 6.07) is 3.67. The lowest BCUT2D eigenvalue weighted by Gasteiger charge is -2.09. The van der Waals surface area contributed by atoms with Crippen LogP contribution in [0.15, 0.2) is 30.7 Å². The molecule has 0 atom stereocenters. The predicted molar refractivity (Wildman–Crippen MR) is 123 cm³/mol. The van der Waals surface area contributed by atoms with E-state index in [-0.39, 0.29) is 11.6 Å². The molecule has 0 spiro atoms. The SMILES string of the molecule is C1CCOC1.CCOC(=O)NC1(C)CC1.COCc1cn2c(Nc3ccn[nH]3)nccc2n1. The molecule has 0 bridgehead atoms. The Hall–Kier alpha value is -3.18. The van der Waals surface area contributed by atoms with Gasteiger partial charge in [0.1, 0.15) is 11.5 Å². The molecule has 1 aliphatic heterocycles. The number of amides is 1. The lowest BCUT2D eigenvalue weighted by molar-refractivity contribution is 0.147. The minimum absolute atomic E-state index is 0.0479. The number of ether oxygens (including phenoxy) is 3. The van der Waals surface area contributed by atoms with Crippen LogP contribution in [0, 0.1) is 0 Å². The summed E-state index contributed by atoms with van der Waals surface area (Å²) in [6.07, 6.45) is 9.69. The predicted octanol–water partition coefficient (Wildman–Crippen LogP) is 3.42. The van der Waals surface area contributed by atoms with E-state index >= 15 is 0 Å². The van der Waals surface area contributed by atoms with Crippen molar-refractivity contribution in [2.24, 2.45) is 0 Å². The maximum atomic E-state index is 10.8. The Balaban J connectivity index is 0.000000170. The summed E-state index contributed by atoms with van der Waals surface area (Å²) in [7, 11) is 1.64. The Bertz CT molecular complexity index is 974. The van der Waals surface area contributed by atoms with Crippen molar-refractivity contribution in [1.29, 1.82) is 0 Å². The minimum atomic E-state index is -0.289. The van der Waals surface area contributed by atoms with Gasteiger partial charge in [-0.2, -0.15) is 5.10 Å². The highest BCUT2D eigenvalue weighted by atomic mass is 16.5. The molecule has 0 radical (unpaired) electrons. The first-order chi connectivity index (χ1) is 16.0. The van der Waals surface area contributed by atoms with Gasteiger partial charge >= 0.3 is 6.09 Å². The molecule has 1 aliphatic carbocycles. The Morgan fingerprint density at radius 2 is 2.06 bits per heavy atom. The van der Waals surface area contributed by atoms with Crippen LogP contribution in [0.4, 0.5) is 16.6 Å². The zero-order chi connectivity index (χ0) is 23.5. The molecule has 3 aromatic heterocycles. The molecule has 1 saturated carbocycles. The highest BCUT2D eigenvalue weighted by Gasteiger charge is 2.39. The number of aromatic nitrogens is 5. The van der Waals surface area contributed by atoms with E-state index in [9.17, 15) is 4.79 Å². The summed E-state index contributed by atoms with van der Waals surface area (Å²) in [5, 5.41) is 12.6. The van der Waals surface area contributed by atoms with Crippen molar-refractivity contribution in [3.8, 4) is 0 Å². The highest BCUT2D eigenvalue weighted by Crippen LogP contribution is 2.34. The first-order valence-electron chi connectivity index (χ1n) is 11.1. The van der Waals surface area contributed by atoms with E-state index in [0.29, 0.717) is 19.2 Å². The van der Waals surface area contributed by atoms with E-state index in [0.717, 1.165) is 43.2 Å². The number of fused-ring (bicyclic) bond motifs is 1. The van der Waals surface area contributed by atoms with Crippen LogP contribution in [-0.2, 0) is 20.8 Å². The zero-order valence-corrected chi connectivity index (χ0v) is 19.5. The fourth-order valence-corrected chi connectivity index (χ4v) is 2.96. The second-order valence-corrected chi connectivity index (χ2v) is 7.98. The molecular weight excluding hydrogens is 426 g/mol. The van der Waals surface area contributed by atoms with E-state index in [1.165, 1.54) is 12.8 Å². The molecule has 2 fully saturated rings. The standard InChI is InChI=1S/C11H12N6O.C7H13NO2.C4H8O/c1-18-7-8-6-17-10(14-8)3-4-12-11(17)15-9-2-5-13-16-9;1-3-10-6(9)8-7(2)4-5-7;1-2-4-5-3-1/h2-6H,7H2,1H3,(H2,12,13,15,16);3-5H2,1-2H3,(H,8,9);1-4H2. The third kappa shape index (κ3) is 8.03. The van der Waals surface area contributed by atoms with Gasteiger partial charge < -0.3 is 24.8 Å². The summed E-state index contributed by atoms with van der Waals surface area (Å²) < 4.78 is 16.6. The topological polar surface area (TPSA) is 128 Å². The van der Waals surface area contributed by atoms with E-state index in [2.05, 4.69) is 30.8 Å². The van der Waals surface area contributed by atoms with Gasteiger partial charge in [-0.15, -0.1) is 0 Å². The van der Waals surface area contributed by atoms with Crippen LogP contribution in [0.2, 0.25) is 0 Å². The molecule has 3 N–H and O–H groups in total. The van der Waals surface area contributed by atoms with Crippen molar-refractivity contribution in [3.63, 3.8) is 0 Å². The normalized spacial score (nSPS) is 15.6. The zero-order valence-electron chi connectivity index (χ0n) is 19.5. The molecule has 3 aromatic rings. The Morgan fingerprint density at radius 1 is 1.27 bits per heavy atom. The fraction of sp³-hybridized carbons (Fsp3) is 0.545. The second-order valence-electron chi connectivity index (χ2n) is 7.98. The van der Waals surface area contributed by atoms with Gasteiger partial charge in [0.25, 0.3) is 0 Å². The molecule has 4 heterocycles. The van der Waals surface area contributed by atoms with Gasteiger partial charge in [-0.25, -0.2) is 14.8 Å². The summed E-state index contributed by atoms with van der Waals surface area (Å²) in [6.45, 7) is 6.74. The van der Waals surface area contributed by atoms with E-state index in [4.69, 9.17) is 14.2 Å². The average Bonchev–Trinajstić information content (AvgIpc) is 3.33. The van der Waals surface area contributed by atoms with Crippen LogP contribution in [0.25, 0.3) is 5.65 Å². The van der Waals surface area contributed by atoms with Crippen molar-refractivity contribution in [3.05, 3.63) is 36.4 Å². The summed E-state index contributed by atoms with van der Waals surface area (Å²) in [4.78, 5) is 19.5. The van der Waals surface area contributed by atoms with Gasteiger partial charge in [0.2, 0.25) is 5.95 Å². The van der Waals surface area contributed by atoms with Crippen molar-refractivity contribution in [1.82, 2.24) is 29.9 Å². The van der Waals surface area contributed by atoms with Gasteiger partial charge in [0, 0.05) is 44.3 Å². The quantitative estimate of drug-likeness (QED) is 0.512. The van der Waals surface area contributed by atoms with Crippen LogP contribution < -0.4 is 10.6 Å². The molecule has 0 aromatic carbocycles. The molecule has 1 saturated heterocycles. The van der Waals surface area contributed by atoms with Gasteiger partial charge in [-0.3, -0.25) is 9.50 Å². The molecule has 5 rings (SSSR count). The summed E-state index contributed by atoms with van der Waals surface area (Å²) in [5.74, 6) is 1.45. The number of H-pyrrole nitrogens is 1. The third-order valence-electron chi connectivity index (χ3n) is 4.98. The molecule has 11 nitrogen and oxygen atoms in total. The molecule has 2 aliphatic rings. The molecule has 1 amide bonds. The number of methoxy groups -OCH3 is 1. The van der Waals surface area contributed by atoms with Crippen molar-refractivity contribution < 1.29 is 19.0 Å². The van der Waals surface area contributed by atoms with Crippen LogP contribution in [-0.4, -0.2) is 63.1 Å². The monoisotopic (exact) mass is 459 g/mol. The largest absolute Gasteiger partial charge is 0.450 e. The van der Waals surface area contributed by atoms with E-state index in [1.54, 1.807) is 26.4 Å². The number of nitrogens with one attached hydrogen (secondary N) is 3. The van der Waals surface area contributed by atoms with Crippen LogP contribution in [0.1, 0.15) is 45.2 Å². The molecular formula is C22H33N7O4. The van der Waals surface area contributed by atoms with Crippen LogP contribution in [0.5, 0.6) is 0 Å². The number of hydrogen-bond acceptors (Lipinski definition) is 8. The number of carbonyl (C=O) groups excluding carboxylic acids is 1. The summed E-state index contributed by atoms with van der Waals surface area (Å²) >= 11 is 0. The first kappa shape index (κ1) is 24.5. The maximum absolute atomic E-state index is 10.8. The minimum Gasteiger partial charge on any atom is -0.450 e. The number of imidazole rings is 1. The molecule has 33 heavy (non-hydrogen) atoms. The lowest BCUT2D eigenvalue weighted by Crippen LogP contribution is -2.34. The van der Waals surface area contributed by atoms with Crippen LogP contribution in [0.3, 0.4) is 0 Å². The van der Waals surface area contributed by atoms with Gasteiger partial charge in [0.05, 0.1) is 25.1 Å². The van der Waals surface area contributed by atoms with E-state index < -0.39 is 0 Å². The summed E-state index contributed by atoms with van der Waals surface area (Å²) in [5.41, 5.74) is 1.73. The van der Waals surface area contributed by atoms with Gasteiger partial charge in [-0.05, 0) is 45.6 Å². The van der Waals surface area contributed by atoms with Gasteiger partial charge in [0.15, 0.2) is 0 Å². The molecule has 11 heteroatoms. The fourth-order valence-electron chi connectivity index (χ4n) is 2.96. The number of hydrogen-bond donors (Lipinski definition) is 3. The number of rotatable bonds is 6. The van der Waals surface area contributed by atoms with Crippen molar-refractivity contribution >= 4 is 23.5 Å². The maximum Gasteiger partial charge on any atom is 0.407 e. The van der Waals surface area contributed by atoms with Crippen molar-refractivity contribution in [2.75, 3.05) is 32.2 Å². The number of nitrogens with zero attached hydrogens (tertiary/aromatic N) is 4. The van der Waals surface area contributed by atoms with Crippen molar-refractivity contribution in [2.45, 2.75) is 51.7 Å². The molecule has 0 unspecified atom stereocenters. The third-order valence-corrected chi connectivity index (χ3v) is 4.98. The molecule has 180 valence electrons. The van der Waals surface area contributed by atoms with E-state index in [1.807, 2.05) is 29.7 Å². The first-order valence-corrected chi connectivity index (χ1v) is 11.1.